The molecule has 6 nitrogen and oxygen atoms in total. The van der Waals surface area contributed by atoms with Crippen molar-refractivity contribution in [3.63, 3.8) is 0 Å². The van der Waals surface area contributed by atoms with Crippen molar-refractivity contribution in [3.8, 4) is 0 Å². The summed E-state index contributed by atoms with van der Waals surface area (Å²) in [5.41, 5.74) is 3.18. The van der Waals surface area contributed by atoms with Crippen LogP contribution in [0.4, 0.5) is 5.69 Å². The monoisotopic (exact) mass is 288 g/mol. The number of thiazole rings is 1. The Kier molecular flexibility index (Phi) is 2.96. The lowest BCUT2D eigenvalue weighted by molar-refractivity contribution is 0.0660. The Hall–Kier alpha value is -2.67. The number of carboxylic acid groups (broad SMARTS) is 1. The number of anilines is 1. The van der Waals surface area contributed by atoms with Crippen LogP contribution in [-0.2, 0) is 0 Å². The van der Waals surface area contributed by atoms with E-state index in [2.05, 4.69) is 10.3 Å². The van der Waals surface area contributed by atoms with E-state index in [-0.39, 0.29) is 11.5 Å². The van der Waals surface area contributed by atoms with Crippen LogP contribution in [0.25, 0.3) is 10.2 Å². The summed E-state index contributed by atoms with van der Waals surface area (Å²) in [5, 5.41) is 11.4. The van der Waals surface area contributed by atoms with Gasteiger partial charge in [-0.1, -0.05) is 0 Å². The average molecular weight is 288 g/mol. The van der Waals surface area contributed by atoms with Crippen LogP contribution in [0.5, 0.6) is 0 Å². The Morgan fingerprint density at radius 3 is 2.75 bits per heavy atom. The number of furan rings is 1. The molecule has 0 bridgehead atoms. The Bertz CT molecular complexity index is 805. The fraction of sp³-hybridized carbons (Fsp3) is 0. The lowest BCUT2D eigenvalue weighted by Crippen LogP contribution is -2.10. The van der Waals surface area contributed by atoms with E-state index >= 15 is 0 Å². The normalized spacial score (nSPS) is 10.6. The molecule has 0 saturated heterocycles. The first-order chi connectivity index (χ1) is 9.63. The molecule has 3 aromatic rings. The molecule has 0 unspecified atom stereocenters. The quantitative estimate of drug-likeness (QED) is 0.773. The zero-order valence-corrected chi connectivity index (χ0v) is 10.8. The molecule has 100 valence electrons. The van der Waals surface area contributed by atoms with Gasteiger partial charge in [0.15, 0.2) is 5.76 Å². The second kappa shape index (κ2) is 4.78. The van der Waals surface area contributed by atoms with Crippen molar-refractivity contribution in [1.82, 2.24) is 4.98 Å². The van der Waals surface area contributed by atoms with Crippen molar-refractivity contribution < 1.29 is 19.1 Å². The predicted octanol–water partition coefficient (Wildman–Crippen LogP) is 2.84. The van der Waals surface area contributed by atoms with Gasteiger partial charge in [-0.2, -0.15) is 0 Å². The zero-order valence-electron chi connectivity index (χ0n) is 9.99. The number of carbonyl (C=O) groups is 2. The van der Waals surface area contributed by atoms with Gasteiger partial charge >= 0.3 is 5.97 Å². The second-order valence-corrected chi connectivity index (χ2v) is 4.84. The third-order valence-electron chi connectivity index (χ3n) is 2.63. The molecule has 2 heterocycles. The number of fused-ring (bicyclic) bond motifs is 1. The fourth-order valence-corrected chi connectivity index (χ4v) is 2.42. The Labute approximate surface area is 116 Å². The summed E-state index contributed by atoms with van der Waals surface area (Å²) >= 11 is 1.47. The molecule has 0 aliphatic rings. The molecule has 0 atom stereocenters. The van der Waals surface area contributed by atoms with E-state index in [1.54, 1.807) is 23.7 Å². The van der Waals surface area contributed by atoms with Gasteiger partial charge < -0.3 is 14.8 Å². The van der Waals surface area contributed by atoms with Crippen molar-refractivity contribution in [1.29, 1.82) is 0 Å². The number of rotatable bonds is 3. The summed E-state index contributed by atoms with van der Waals surface area (Å²) in [7, 11) is 0. The first-order valence-corrected chi connectivity index (χ1v) is 6.49. The maximum absolute atomic E-state index is 11.9. The molecule has 0 fully saturated rings. The molecule has 1 aromatic carbocycles. The van der Waals surface area contributed by atoms with Gasteiger partial charge in [0.2, 0.25) is 5.76 Å². The molecule has 0 saturated carbocycles. The number of aromatic carboxylic acids is 1. The molecular weight excluding hydrogens is 280 g/mol. The van der Waals surface area contributed by atoms with E-state index < -0.39 is 11.9 Å². The van der Waals surface area contributed by atoms with Crippen molar-refractivity contribution in [2.24, 2.45) is 0 Å². The fourth-order valence-electron chi connectivity index (χ4n) is 1.70. The molecule has 0 spiro atoms. The number of nitrogens with zero attached hydrogens (tertiary/aromatic N) is 1. The molecule has 3 rings (SSSR count). The lowest BCUT2D eigenvalue weighted by Gasteiger charge is -2.02. The highest BCUT2D eigenvalue weighted by atomic mass is 32.1. The maximum Gasteiger partial charge on any atom is 0.371 e. The third kappa shape index (κ3) is 2.26. The number of hydrogen-bond acceptors (Lipinski definition) is 5. The molecular formula is C13H8N2O4S. The van der Waals surface area contributed by atoms with Crippen LogP contribution >= 0.6 is 11.3 Å². The number of hydrogen-bond donors (Lipinski definition) is 2. The van der Waals surface area contributed by atoms with Crippen LogP contribution in [0.15, 0.2) is 40.3 Å². The number of benzene rings is 1. The lowest BCUT2D eigenvalue weighted by atomic mass is 10.3. The smallest absolute Gasteiger partial charge is 0.371 e. The van der Waals surface area contributed by atoms with Crippen LogP contribution in [-0.4, -0.2) is 22.0 Å². The first-order valence-electron chi connectivity index (χ1n) is 5.61. The molecule has 0 radical (unpaired) electrons. The van der Waals surface area contributed by atoms with Gasteiger partial charge in [0.25, 0.3) is 5.91 Å². The van der Waals surface area contributed by atoms with Crippen molar-refractivity contribution >= 4 is 39.1 Å². The molecule has 2 N–H and O–H groups in total. The highest BCUT2D eigenvalue weighted by Gasteiger charge is 2.15. The van der Waals surface area contributed by atoms with Gasteiger partial charge in [-0.25, -0.2) is 9.78 Å². The largest absolute Gasteiger partial charge is 0.475 e. The maximum atomic E-state index is 11.9. The van der Waals surface area contributed by atoms with Crippen LogP contribution < -0.4 is 5.32 Å². The van der Waals surface area contributed by atoms with E-state index in [1.807, 2.05) is 0 Å². The Morgan fingerprint density at radius 2 is 2.00 bits per heavy atom. The topological polar surface area (TPSA) is 92.4 Å². The van der Waals surface area contributed by atoms with E-state index in [9.17, 15) is 9.59 Å². The number of aromatic nitrogens is 1. The summed E-state index contributed by atoms with van der Waals surface area (Å²) in [6.45, 7) is 0. The summed E-state index contributed by atoms with van der Waals surface area (Å²) < 4.78 is 5.88. The average Bonchev–Trinajstić information content (AvgIpc) is 3.07. The van der Waals surface area contributed by atoms with E-state index in [1.165, 1.54) is 23.5 Å². The van der Waals surface area contributed by atoms with E-state index in [0.29, 0.717) is 5.69 Å². The molecule has 0 aliphatic carbocycles. The van der Waals surface area contributed by atoms with Crippen LogP contribution in [0.1, 0.15) is 21.1 Å². The minimum atomic E-state index is -1.21. The highest BCUT2D eigenvalue weighted by molar-refractivity contribution is 7.16. The van der Waals surface area contributed by atoms with Crippen molar-refractivity contribution in [2.75, 3.05) is 5.32 Å². The van der Waals surface area contributed by atoms with E-state index in [4.69, 9.17) is 9.52 Å². The minimum Gasteiger partial charge on any atom is -0.475 e. The highest BCUT2D eigenvalue weighted by Crippen LogP contribution is 2.22. The molecule has 1 amide bonds. The third-order valence-corrected chi connectivity index (χ3v) is 3.42. The van der Waals surface area contributed by atoms with Gasteiger partial charge in [-0.3, -0.25) is 4.79 Å². The van der Waals surface area contributed by atoms with Gasteiger partial charge in [0.05, 0.1) is 15.7 Å². The summed E-state index contributed by atoms with van der Waals surface area (Å²) in [4.78, 5) is 26.7. The van der Waals surface area contributed by atoms with Crippen LogP contribution in [0, 0.1) is 0 Å². The number of amides is 1. The first kappa shape index (κ1) is 12.4. The summed E-state index contributed by atoms with van der Waals surface area (Å²) in [5.74, 6) is -2.03. The SMILES string of the molecule is O=C(O)c1ccc(C(=O)Nc2ccc3ncsc3c2)o1. The molecule has 20 heavy (non-hydrogen) atoms. The molecule has 0 aliphatic heterocycles. The van der Waals surface area contributed by atoms with Crippen LogP contribution in [0.2, 0.25) is 0 Å². The molecule has 2 aromatic heterocycles. The number of carboxylic acids is 1. The Morgan fingerprint density at radius 1 is 1.20 bits per heavy atom. The van der Waals surface area contributed by atoms with Crippen LogP contribution in [0.3, 0.4) is 0 Å². The van der Waals surface area contributed by atoms with Gasteiger partial charge in [-0.15, -0.1) is 11.3 Å². The van der Waals surface area contributed by atoms with Gasteiger partial charge in [-0.05, 0) is 30.3 Å². The van der Waals surface area contributed by atoms with Crippen molar-refractivity contribution in [3.05, 3.63) is 47.4 Å². The number of carbonyl (C=O) groups excluding carboxylic acids is 1. The summed E-state index contributed by atoms with van der Waals surface area (Å²) in [6.07, 6.45) is 0. The predicted molar refractivity (Wildman–Crippen MR) is 73.2 cm³/mol. The van der Waals surface area contributed by atoms with E-state index in [0.717, 1.165) is 10.2 Å². The molecule has 7 heteroatoms. The minimum absolute atomic E-state index is 0.0493. The van der Waals surface area contributed by atoms with Gasteiger partial charge in [0.1, 0.15) is 0 Å². The second-order valence-electron chi connectivity index (χ2n) is 3.96. The summed E-state index contributed by atoms with van der Waals surface area (Å²) in [6, 6.07) is 7.88. The standard InChI is InChI=1S/C13H8N2O4S/c16-12(9-3-4-10(19-9)13(17)18)15-7-1-2-8-11(5-7)20-6-14-8/h1-6H,(H,15,16)(H,17,18). The zero-order chi connectivity index (χ0) is 14.1. The van der Waals surface area contributed by atoms with Crippen molar-refractivity contribution in [2.45, 2.75) is 0 Å². The Balaban J connectivity index is 1.82. The van der Waals surface area contributed by atoms with Gasteiger partial charge in [0, 0.05) is 5.69 Å². The number of nitrogens with one attached hydrogen (secondary N) is 1.